The van der Waals surface area contributed by atoms with Crippen molar-refractivity contribution in [2.24, 2.45) is 0 Å². The molecule has 0 aromatic heterocycles. The van der Waals surface area contributed by atoms with Crippen molar-refractivity contribution in [2.45, 2.75) is 56.0 Å². The summed E-state index contributed by atoms with van der Waals surface area (Å²) in [5.41, 5.74) is 0. The highest BCUT2D eigenvalue weighted by molar-refractivity contribution is 8.00. The van der Waals surface area contributed by atoms with Gasteiger partial charge in [0.2, 0.25) is 0 Å². The normalized spacial score (nSPS) is 43.3. The van der Waals surface area contributed by atoms with Crippen LogP contribution in [-0.4, -0.2) is 36.3 Å². The number of thioether (sulfide) groups is 1. The van der Waals surface area contributed by atoms with Crippen molar-refractivity contribution in [3.63, 3.8) is 0 Å². The van der Waals surface area contributed by atoms with Crippen molar-refractivity contribution in [2.75, 3.05) is 12.9 Å². The summed E-state index contributed by atoms with van der Waals surface area (Å²) < 4.78 is 5.39. The van der Waals surface area contributed by atoms with E-state index in [1.165, 1.54) is 31.4 Å². The Hall–Kier alpha value is 0.270. The number of ether oxygens (including phenoxy) is 1. The first kappa shape index (κ1) is 10.8. The van der Waals surface area contributed by atoms with E-state index in [0.717, 1.165) is 11.3 Å². The van der Waals surface area contributed by atoms with Gasteiger partial charge >= 0.3 is 0 Å². The SMILES string of the molecule is COC1CCC(NC2CCSC2C)C1. The lowest BCUT2D eigenvalue weighted by molar-refractivity contribution is 0.106. The average Bonchev–Trinajstić information content (AvgIpc) is 2.77. The molecule has 1 N–H and O–H groups in total. The topological polar surface area (TPSA) is 21.3 Å². The van der Waals surface area contributed by atoms with Gasteiger partial charge in [0.05, 0.1) is 6.10 Å². The largest absolute Gasteiger partial charge is 0.381 e. The van der Waals surface area contributed by atoms with Crippen molar-refractivity contribution < 1.29 is 4.74 Å². The van der Waals surface area contributed by atoms with Crippen LogP contribution in [0.15, 0.2) is 0 Å². The molecular formula is C11H21NOS. The van der Waals surface area contributed by atoms with E-state index in [2.05, 4.69) is 24.0 Å². The zero-order valence-corrected chi connectivity index (χ0v) is 9.98. The molecule has 1 aliphatic heterocycles. The minimum Gasteiger partial charge on any atom is -0.381 e. The second-order valence-corrected chi connectivity index (χ2v) is 5.99. The molecule has 1 heterocycles. The Kier molecular flexibility index (Phi) is 3.74. The summed E-state index contributed by atoms with van der Waals surface area (Å²) in [5, 5.41) is 4.59. The maximum Gasteiger partial charge on any atom is 0.0586 e. The van der Waals surface area contributed by atoms with Gasteiger partial charge in [-0.1, -0.05) is 6.92 Å². The van der Waals surface area contributed by atoms with Crippen molar-refractivity contribution in [3.8, 4) is 0 Å². The molecule has 1 aliphatic carbocycles. The molecule has 0 aromatic rings. The first-order chi connectivity index (χ1) is 6.79. The molecule has 2 rings (SSSR count). The summed E-state index contributed by atoms with van der Waals surface area (Å²) in [5.74, 6) is 1.33. The van der Waals surface area contributed by atoms with E-state index in [-0.39, 0.29) is 0 Å². The predicted molar refractivity (Wildman–Crippen MR) is 61.9 cm³/mol. The molecule has 82 valence electrons. The molecule has 0 aromatic carbocycles. The van der Waals surface area contributed by atoms with Crippen LogP contribution in [0, 0.1) is 0 Å². The van der Waals surface area contributed by atoms with Crippen LogP contribution in [0.3, 0.4) is 0 Å². The molecule has 4 atom stereocenters. The Balaban J connectivity index is 1.75. The third-order valence-electron chi connectivity index (χ3n) is 3.54. The molecule has 2 nitrogen and oxygen atoms in total. The quantitative estimate of drug-likeness (QED) is 0.778. The monoisotopic (exact) mass is 215 g/mol. The Morgan fingerprint density at radius 2 is 2.14 bits per heavy atom. The summed E-state index contributed by atoms with van der Waals surface area (Å²) in [6, 6.07) is 1.46. The van der Waals surface area contributed by atoms with Gasteiger partial charge in [-0.15, -0.1) is 0 Å². The van der Waals surface area contributed by atoms with E-state index < -0.39 is 0 Å². The smallest absolute Gasteiger partial charge is 0.0586 e. The van der Waals surface area contributed by atoms with Crippen LogP contribution >= 0.6 is 11.8 Å². The van der Waals surface area contributed by atoms with E-state index in [4.69, 9.17) is 4.74 Å². The molecule has 0 bridgehead atoms. The molecule has 0 radical (unpaired) electrons. The summed E-state index contributed by atoms with van der Waals surface area (Å²) >= 11 is 2.10. The summed E-state index contributed by atoms with van der Waals surface area (Å²) in [6.45, 7) is 2.35. The molecule has 14 heavy (non-hydrogen) atoms. The number of hydrogen-bond acceptors (Lipinski definition) is 3. The fourth-order valence-corrected chi connectivity index (χ4v) is 3.77. The van der Waals surface area contributed by atoms with E-state index >= 15 is 0 Å². The summed E-state index contributed by atoms with van der Waals surface area (Å²) in [6.07, 6.45) is 5.61. The van der Waals surface area contributed by atoms with E-state index in [9.17, 15) is 0 Å². The number of rotatable bonds is 3. The Morgan fingerprint density at radius 1 is 1.29 bits per heavy atom. The molecule has 2 fully saturated rings. The fraction of sp³-hybridized carbons (Fsp3) is 1.00. The zero-order valence-electron chi connectivity index (χ0n) is 9.16. The molecular weight excluding hydrogens is 194 g/mol. The Morgan fingerprint density at radius 3 is 2.71 bits per heavy atom. The second kappa shape index (κ2) is 4.86. The highest BCUT2D eigenvalue weighted by Crippen LogP contribution is 2.29. The maximum atomic E-state index is 5.39. The first-order valence-electron chi connectivity index (χ1n) is 5.70. The van der Waals surface area contributed by atoms with Gasteiger partial charge in [-0.25, -0.2) is 0 Å². The van der Waals surface area contributed by atoms with Gasteiger partial charge in [-0.05, 0) is 31.4 Å². The minimum atomic E-state index is 0.511. The standard InChI is InChI=1S/C11H21NOS/c1-8-11(5-6-14-8)12-9-3-4-10(7-9)13-2/h8-12H,3-7H2,1-2H3. The lowest BCUT2D eigenvalue weighted by atomic mass is 10.1. The van der Waals surface area contributed by atoms with E-state index in [1.807, 2.05) is 7.11 Å². The van der Waals surface area contributed by atoms with Gasteiger partial charge in [-0.2, -0.15) is 11.8 Å². The van der Waals surface area contributed by atoms with Crippen LogP contribution in [-0.2, 0) is 4.74 Å². The molecule has 4 unspecified atom stereocenters. The van der Waals surface area contributed by atoms with Crippen LogP contribution in [0.25, 0.3) is 0 Å². The zero-order chi connectivity index (χ0) is 9.97. The van der Waals surface area contributed by atoms with Crippen LogP contribution in [0.1, 0.15) is 32.6 Å². The molecule has 0 amide bonds. The Labute approximate surface area is 91.2 Å². The van der Waals surface area contributed by atoms with Gasteiger partial charge < -0.3 is 10.1 Å². The highest BCUT2D eigenvalue weighted by Gasteiger charge is 2.30. The molecule has 2 aliphatic rings. The van der Waals surface area contributed by atoms with Gasteiger partial charge in [0.1, 0.15) is 0 Å². The number of hydrogen-bond donors (Lipinski definition) is 1. The molecule has 0 spiro atoms. The lowest BCUT2D eigenvalue weighted by Crippen LogP contribution is -2.40. The van der Waals surface area contributed by atoms with Gasteiger partial charge in [0.15, 0.2) is 0 Å². The van der Waals surface area contributed by atoms with Crippen LogP contribution in [0.5, 0.6) is 0 Å². The average molecular weight is 215 g/mol. The summed E-state index contributed by atoms with van der Waals surface area (Å²) in [4.78, 5) is 0. The second-order valence-electron chi connectivity index (χ2n) is 4.51. The van der Waals surface area contributed by atoms with Gasteiger partial charge in [0.25, 0.3) is 0 Å². The van der Waals surface area contributed by atoms with Crippen LogP contribution in [0.2, 0.25) is 0 Å². The van der Waals surface area contributed by atoms with E-state index in [1.54, 1.807) is 0 Å². The minimum absolute atomic E-state index is 0.511. The third kappa shape index (κ3) is 2.44. The maximum absolute atomic E-state index is 5.39. The number of nitrogens with one attached hydrogen (secondary N) is 1. The lowest BCUT2D eigenvalue weighted by Gasteiger charge is -2.21. The predicted octanol–water partition coefficient (Wildman–Crippen LogP) is 2.04. The van der Waals surface area contributed by atoms with Gasteiger partial charge in [-0.3, -0.25) is 0 Å². The van der Waals surface area contributed by atoms with Crippen molar-refractivity contribution in [1.82, 2.24) is 5.32 Å². The van der Waals surface area contributed by atoms with Crippen LogP contribution < -0.4 is 5.32 Å². The number of methoxy groups -OCH3 is 1. The fourth-order valence-electron chi connectivity index (χ4n) is 2.56. The van der Waals surface area contributed by atoms with Gasteiger partial charge in [0, 0.05) is 24.4 Å². The van der Waals surface area contributed by atoms with Crippen molar-refractivity contribution in [1.29, 1.82) is 0 Å². The highest BCUT2D eigenvalue weighted by atomic mass is 32.2. The molecule has 1 saturated carbocycles. The third-order valence-corrected chi connectivity index (χ3v) is 4.87. The Bertz CT molecular complexity index is 188. The molecule has 3 heteroatoms. The first-order valence-corrected chi connectivity index (χ1v) is 6.75. The van der Waals surface area contributed by atoms with Crippen molar-refractivity contribution in [3.05, 3.63) is 0 Å². The van der Waals surface area contributed by atoms with E-state index in [0.29, 0.717) is 12.1 Å². The summed E-state index contributed by atoms with van der Waals surface area (Å²) in [7, 11) is 1.83. The van der Waals surface area contributed by atoms with Crippen LogP contribution in [0.4, 0.5) is 0 Å². The van der Waals surface area contributed by atoms with Crippen molar-refractivity contribution >= 4 is 11.8 Å². The molecule has 1 saturated heterocycles.